The summed E-state index contributed by atoms with van der Waals surface area (Å²) in [5.41, 5.74) is 0.691. The molecule has 94 valence electrons. The summed E-state index contributed by atoms with van der Waals surface area (Å²) < 4.78 is 14.1. The Kier molecular flexibility index (Phi) is 5.48. The van der Waals surface area contributed by atoms with Crippen molar-refractivity contribution in [3.05, 3.63) is 35.9 Å². The van der Waals surface area contributed by atoms with Crippen molar-refractivity contribution in [3.8, 4) is 0 Å². The molecule has 0 spiro atoms. The van der Waals surface area contributed by atoms with Crippen molar-refractivity contribution in [2.45, 2.75) is 37.1 Å². The second-order valence-electron chi connectivity index (χ2n) is 4.02. The predicted octanol–water partition coefficient (Wildman–Crippen LogP) is 3.29. The number of hydrogen-bond acceptors (Lipinski definition) is 2. The molecule has 17 heavy (non-hydrogen) atoms. The highest BCUT2D eigenvalue weighted by molar-refractivity contribution is 7.81. The van der Waals surface area contributed by atoms with Crippen LogP contribution in [-0.4, -0.2) is 22.5 Å². The molecule has 0 aliphatic rings. The van der Waals surface area contributed by atoms with E-state index in [1.165, 1.54) is 0 Å². The zero-order valence-electron chi connectivity index (χ0n) is 9.71. The molecule has 0 aromatic heterocycles. The Bertz CT molecular complexity index is 356. The minimum absolute atomic E-state index is 0.351. The van der Waals surface area contributed by atoms with Crippen LogP contribution >= 0.6 is 12.6 Å². The van der Waals surface area contributed by atoms with Gasteiger partial charge in [-0.1, -0.05) is 43.7 Å². The van der Waals surface area contributed by atoms with Crippen molar-refractivity contribution in [2.24, 2.45) is 0 Å². The maximum atomic E-state index is 14.1. The summed E-state index contributed by atoms with van der Waals surface area (Å²) in [4.78, 5) is 11.0. The van der Waals surface area contributed by atoms with Gasteiger partial charge in [-0.3, -0.25) is 4.79 Å². The summed E-state index contributed by atoms with van der Waals surface area (Å²) in [5.74, 6) is -1.78. The van der Waals surface area contributed by atoms with Gasteiger partial charge < -0.3 is 5.11 Å². The van der Waals surface area contributed by atoms with Crippen LogP contribution in [0.1, 0.15) is 31.2 Å². The number of benzene rings is 1. The molecule has 0 heterocycles. The molecule has 1 N–H and O–H groups in total. The number of hydrogen-bond donors (Lipinski definition) is 2. The van der Waals surface area contributed by atoms with Crippen LogP contribution in [0.4, 0.5) is 4.39 Å². The molecule has 0 bridgehead atoms. The standard InChI is InChI=1S/C13H17FO2S/c1-2-6-10(14)11(12(17)13(15)16)9-7-4-3-5-8-9/h3-5,7-8,10-12,17H,2,6H2,1H3,(H,15,16). The molecular formula is C13H17FO2S. The van der Waals surface area contributed by atoms with Crippen LogP contribution in [0.5, 0.6) is 0 Å². The third-order valence-electron chi connectivity index (χ3n) is 2.73. The zero-order valence-corrected chi connectivity index (χ0v) is 10.6. The van der Waals surface area contributed by atoms with Crippen LogP contribution in [0, 0.1) is 0 Å². The SMILES string of the molecule is CCCC(F)C(c1ccccc1)C(S)C(=O)O. The van der Waals surface area contributed by atoms with Gasteiger partial charge in [-0.25, -0.2) is 4.39 Å². The summed E-state index contributed by atoms with van der Waals surface area (Å²) in [5, 5.41) is 7.97. The van der Waals surface area contributed by atoms with Gasteiger partial charge >= 0.3 is 5.97 Å². The molecule has 0 amide bonds. The number of thiol groups is 1. The molecule has 1 aromatic carbocycles. The summed E-state index contributed by atoms with van der Waals surface area (Å²) in [7, 11) is 0. The maximum Gasteiger partial charge on any atom is 0.317 e. The first-order chi connectivity index (χ1) is 8.07. The molecular weight excluding hydrogens is 239 g/mol. The summed E-state index contributed by atoms with van der Waals surface area (Å²) in [6, 6.07) is 8.88. The molecule has 4 heteroatoms. The predicted molar refractivity (Wildman–Crippen MR) is 69.4 cm³/mol. The number of carbonyl (C=O) groups is 1. The quantitative estimate of drug-likeness (QED) is 0.766. The highest BCUT2D eigenvalue weighted by Gasteiger charge is 2.32. The van der Waals surface area contributed by atoms with E-state index in [1.54, 1.807) is 24.3 Å². The lowest BCUT2D eigenvalue weighted by Crippen LogP contribution is -2.29. The Morgan fingerprint density at radius 2 is 2.00 bits per heavy atom. The minimum Gasteiger partial charge on any atom is -0.480 e. The number of carboxylic acids is 1. The van der Waals surface area contributed by atoms with Gasteiger partial charge in [0.2, 0.25) is 0 Å². The first-order valence-electron chi connectivity index (χ1n) is 5.67. The van der Waals surface area contributed by atoms with Crippen LogP contribution in [0.2, 0.25) is 0 Å². The third-order valence-corrected chi connectivity index (χ3v) is 3.27. The lowest BCUT2D eigenvalue weighted by molar-refractivity contribution is -0.137. The van der Waals surface area contributed by atoms with Crippen LogP contribution in [-0.2, 0) is 4.79 Å². The average molecular weight is 256 g/mol. The van der Waals surface area contributed by atoms with Crippen molar-refractivity contribution in [2.75, 3.05) is 0 Å². The summed E-state index contributed by atoms with van der Waals surface area (Å²) in [6.45, 7) is 1.88. The molecule has 0 radical (unpaired) electrons. The fourth-order valence-electron chi connectivity index (χ4n) is 1.87. The van der Waals surface area contributed by atoms with Gasteiger partial charge in [-0.2, -0.15) is 12.6 Å². The van der Waals surface area contributed by atoms with E-state index in [-0.39, 0.29) is 0 Å². The van der Waals surface area contributed by atoms with Crippen molar-refractivity contribution >= 4 is 18.6 Å². The monoisotopic (exact) mass is 256 g/mol. The Labute approximate surface area is 106 Å². The Morgan fingerprint density at radius 3 is 2.47 bits per heavy atom. The molecule has 0 aliphatic heterocycles. The normalized spacial score (nSPS) is 16.2. The zero-order chi connectivity index (χ0) is 12.8. The molecule has 1 rings (SSSR count). The van der Waals surface area contributed by atoms with Crippen LogP contribution in [0.25, 0.3) is 0 Å². The molecule has 1 aromatic rings. The topological polar surface area (TPSA) is 37.3 Å². The fourth-order valence-corrected chi connectivity index (χ4v) is 2.23. The molecule has 3 atom stereocenters. The van der Waals surface area contributed by atoms with E-state index in [2.05, 4.69) is 12.6 Å². The van der Waals surface area contributed by atoms with E-state index in [0.717, 1.165) is 0 Å². The first-order valence-corrected chi connectivity index (χ1v) is 6.19. The van der Waals surface area contributed by atoms with Crippen LogP contribution < -0.4 is 0 Å². The first kappa shape index (κ1) is 14.0. The van der Waals surface area contributed by atoms with E-state index in [4.69, 9.17) is 5.11 Å². The number of aliphatic carboxylic acids is 1. The van der Waals surface area contributed by atoms with Crippen LogP contribution in [0.15, 0.2) is 30.3 Å². The van der Waals surface area contributed by atoms with Gasteiger partial charge in [-0.05, 0) is 12.0 Å². The van der Waals surface area contributed by atoms with Gasteiger partial charge in [0.05, 0.1) is 0 Å². The smallest absolute Gasteiger partial charge is 0.317 e. The highest BCUT2D eigenvalue weighted by atomic mass is 32.1. The van der Waals surface area contributed by atoms with Gasteiger partial charge in [0, 0.05) is 5.92 Å². The van der Waals surface area contributed by atoms with Gasteiger partial charge in [0.1, 0.15) is 11.4 Å². The Hall–Kier alpha value is -1.03. The minimum atomic E-state index is -1.18. The number of alkyl halides is 1. The van der Waals surface area contributed by atoms with E-state index in [9.17, 15) is 9.18 Å². The van der Waals surface area contributed by atoms with Gasteiger partial charge in [0.15, 0.2) is 0 Å². The number of halogens is 1. The van der Waals surface area contributed by atoms with E-state index >= 15 is 0 Å². The lowest BCUT2D eigenvalue weighted by Gasteiger charge is -2.24. The van der Waals surface area contributed by atoms with Gasteiger partial charge in [-0.15, -0.1) is 0 Å². The Balaban J connectivity index is 2.98. The molecule has 0 fully saturated rings. The van der Waals surface area contributed by atoms with Crippen LogP contribution in [0.3, 0.4) is 0 Å². The summed E-state index contributed by atoms with van der Waals surface area (Å²) >= 11 is 4.02. The van der Waals surface area contributed by atoms with Crippen molar-refractivity contribution < 1.29 is 14.3 Å². The van der Waals surface area contributed by atoms with E-state index < -0.39 is 23.3 Å². The third kappa shape index (κ3) is 3.73. The van der Waals surface area contributed by atoms with Crippen molar-refractivity contribution in [3.63, 3.8) is 0 Å². The maximum absolute atomic E-state index is 14.1. The van der Waals surface area contributed by atoms with Crippen molar-refractivity contribution in [1.82, 2.24) is 0 Å². The molecule has 0 saturated heterocycles. The second kappa shape index (κ2) is 6.64. The lowest BCUT2D eigenvalue weighted by atomic mass is 9.88. The van der Waals surface area contributed by atoms with E-state index in [1.807, 2.05) is 13.0 Å². The molecule has 0 saturated carbocycles. The highest BCUT2D eigenvalue weighted by Crippen LogP contribution is 2.31. The average Bonchev–Trinajstić information content (AvgIpc) is 2.31. The Morgan fingerprint density at radius 1 is 1.41 bits per heavy atom. The molecule has 3 unspecified atom stereocenters. The van der Waals surface area contributed by atoms with Crippen molar-refractivity contribution in [1.29, 1.82) is 0 Å². The number of carboxylic acid groups (broad SMARTS) is 1. The molecule has 2 nitrogen and oxygen atoms in total. The van der Waals surface area contributed by atoms with E-state index in [0.29, 0.717) is 18.4 Å². The second-order valence-corrected chi connectivity index (χ2v) is 4.58. The molecule has 0 aliphatic carbocycles. The number of rotatable bonds is 6. The largest absolute Gasteiger partial charge is 0.480 e. The van der Waals surface area contributed by atoms with Gasteiger partial charge in [0.25, 0.3) is 0 Å². The fraction of sp³-hybridized carbons (Fsp3) is 0.462. The summed E-state index contributed by atoms with van der Waals surface area (Å²) in [6.07, 6.45) is -0.143.